The van der Waals surface area contributed by atoms with E-state index in [0.29, 0.717) is 5.92 Å². The Morgan fingerprint density at radius 3 is 2.67 bits per heavy atom. The molecule has 2 rings (SSSR count). The molecule has 0 saturated heterocycles. The van der Waals surface area contributed by atoms with Crippen LogP contribution < -0.4 is 10.5 Å². The van der Waals surface area contributed by atoms with Crippen LogP contribution in [0, 0.1) is 11.7 Å². The number of methoxy groups -OCH3 is 1. The highest BCUT2D eigenvalue weighted by atomic mass is 35.5. The molecule has 2 nitrogen and oxygen atoms in total. The molecule has 0 amide bonds. The summed E-state index contributed by atoms with van der Waals surface area (Å²) < 4.78 is 18.0. The first kappa shape index (κ1) is 12.3. The van der Waals surface area contributed by atoms with Crippen LogP contribution in [0.25, 0.3) is 0 Å². The number of hydrogen-bond donors (Lipinski definition) is 1. The van der Waals surface area contributed by atoms with Crippen molar-refractivity contribution in [2.75, 3.05) is 7.11 Å². The van der Waals surface area contributed by atoms with Crippen LogP contribution in [0.15, 0.2) is 18.2 Å². The fourth-order valence-corrected chi connectivity index (χ4v) is 1.61. The summed E-state index contributed by atoms with van der Waals surface area (Å²) in [5.74, 6) is 0.517. The van der Waals surface area contributed by atoms with E-state index in [0.717, 1.165) is 5.56 Å². The molecule has 0 heterocycles. The molecule has 1 aliphatic carbocycles. The minimum absolute atomic E-state index is 0. The number of ether oxygens (including phenoxy) is 1. The summed E-state index contributed by atoms with van der Waals surface area (Å²) in [6, 6.07) is 4.87. The predicted octanol–water partition coefficient (Wildman–Crippen LogP) is 2.67. The van der Waals surface area contributed by atoms with Crippen molar-refractivity contribution in [3.63, 3.8) is 0 Å². The Hall–Kier alpha value is -0.800. The van der Waals surface area contributed by atoms with Gasteiger partial charge in [-0.25, -0.2) is 4.39 Å². The lowest BCUT2D eigenvalue weighted by Crippen LogP contribution is -2.12. The number of halogens is 2. The number of benzene rings is 1. The minimum atomic E-state index is -0.334. The third-order valence-electron chi connectivity index (χ3n) is 2.69. The number of nitrogens with two attached hydrogens (primary N) is 1. The molecule has 1 atom stereocenters. The van der Waals surface area contributed by atoms with Gasteiger partial charge in [-0.1, -0.05) is 6.07 Å². The van der Waals surface area contributed by atoms with Gasteiger partial charge in [0.1, 0.15) is 0 Å². The van der Waals surface area contributed by atoms with Crippen LogP contribution in [0.2, 0.25) is 0 Å². The van der Waals surface area contributed by atoms with Gasteiger partial charge in [-0.3, -0.25) is 0 Å². The Morgan fingerprint density at radius 1 is 1.47 bits per heavy atom. The van der Waals surface area contributed by atoms with E-state index >= 15 is 0 Å². The standard InChI is InChI=1S/C11H14FNO.ClH/c1-14-10-6-8(4-5-9(10)12)11(13)7-2-3-7;/h4-7,11H,2-3,13H2,1H3;1H/t11-;/m0./s1. The highest BCUT2D eigenvalue weighted by Gasteiger charge is 2.29. The molecule has 15 heavy (non-hydrogen) atoms. The Labute approximate surface area is 95.0 Å². The molecule has 1 saturated carbocycles. The van der Waals surface area contributed by atoms with Crippen molar-refractivity contribution in [1.82, 2.24) is 0 Å². The summed E-state index contributed by atoms with van der Waals surface area (Å²) >= 11 is 0. The van der Waals surface area contributed by atoms with Gasteiger partial charge in [-0.15, -0.1) is 12.4 Å². The van der Waals surface area contributed by atoms with Gasteiger partial charge in [-0.05, 0) is 36.5 Å². The Balaban J connectivity index is 0.00000112. The maximum Gasteiger partial charge on any atom is 0.165 e. The van der Waals surface area contributed by atoms with E-state index in [2.05, 4.69) is 0 Å². The Kier molecular flexibility index (Phi) is 3.94. The lowest BCUT2D eigenvalue weighted by Gasteiger charge is -2.12. The van der Waals surface area contributed by atoms with Crippen LogP contribution in [0.5, 0.6) is 5.75 Å². The van der Waals surface area contributed by atoms with Gasteiger partial charge < -0.3 is 10.5 Å². The summed E-state index contributed by atoms with van der Waals surface area (Å²) in [5, 5.41) is 0. The SMILES string of the molecule is COc1cc([C@@H](N)C2CC2)ccc1F.Cl. The largest absolute Gasteiger partial charge is 0.494 e. The van der Waals surface area contributed by atoms with Gasteiger partial charge in [0.25, 0.3) is 0 Å². The minimum Gasteiger partial charge on any atom is -0.494 e. The quantitative estimate of drug-likeness (QED) is 0.868. The van der Waals surface area contributed by atoms with Crippen molar-refractivity contribution >= 4 is 12.4 Å². The van der Waals surface area contributed by atoms with Crippen LogP contribution >= 0.6 is 12.4 Å². The molecule has 1 aliphatic rings. The van der Waals surface area contributed by atoms with E-state index in [4.69, 9.17) is 10.5 Å². The zero-order valence-electron chi connectivity index (χ0n) is 8.57. The van der Waals surface area contributed by atoms with Crippen LogP contribution in [0.3, 0.4) is 0 Å². The van der Waals surface area contributed by atoms with Crippen molar-refractivity contribution in [2.24, 2.45) is 11.7 Å². The van der Waals surface area contributed by atoms with E-state index in [1.54, 1.807) is 12.1 Å². The summed E-state index contributed by atoms with van der Waals surface area (Å²) in [6.45, 7) is 0. The molecule has 1 fully saturated rings. The van der Waals surface area contributed by atoms with Gasteiger partial charge in [0.15, 0.2) is 11.6 Å². The molecule has 0 aliphatic heterocycles. The molecule has 0 unspecified atom stereocenters. The lowest BCUT2D eigenvalue weighted by molar-refractivity contribution is 0.385. The molecule has 4 heteroatoms. The number of rotatable bonds is 3. The van der Waals surface area contributed by atoms with Crippen molar-refractivity contribution < 1.29 is 9.13 Å². The van der Waals surface area contributed by atoms with Gasteiger partial charge in [0.2, 0.25) is 0 Å². The second-order valence-corrected chi connectivity index (χ2v) is 3.76. The van der Waals surface area contributed by atoms with Gasteiger partial charge in [0.05, 0.1) is 7.11 Å². The maximum absolute atomic E-state index is 13.1. The van der Waals surface area contributed by atoms with Crippen molar-refractivity contribution in [3.8, 4) is 5.75 Å². The first-order valence-electron chi connectivity index (χ1n) is 4.81. The molecule has 1 aromatic rings. The molecule has 0 radical (unpaired) electrons. The van der Waals surface area contributed by atoms with Gasteiger partial charge in [-0.2, -0.15) is 0 Å². The average molecular weight is 232 g/mol. The Bertz CT molecular complexity index is 341. The molecule has 0 aromatic heterocycles. The fourth-order valence-electron chi connectivity index (χ4n) is 1.61. The summed E-state index contributed by atoms with van der Waals surface area (Å²) in [6.07, 6.45) is 2.36. The molecular formula is C11H15ClFNO. The normalized spacial score (nSPS) is 16.7. The molecule has 0 bridgehead atoms. The number of hydrogen-bond acceptors (Lipinski definition) is 2. The molecule has 0 spiro atoms. The van der Waals surface area contributed by atoms with Crippen LogP contribution in [0.1, 0.15) is 24.4 Å². The third kappa shape index (κ3) is 2.61. The third-order valence-corrected chi connectivity index (χ3v) is 2.69. The topological polar surface area (TPSA) is 35.2 Å². The predicted molar refractivity (Wildman–Crippen MR) is 59.9 cm³/mol. The second kappa shape index (κ2) is 4.81. The molecular weight excluding hydrogens is 217 g/mol. The van der Waals surface area contributed by atoms with Crippen molar-refractivity contribution in [1.29, 1.82) is 0 Å². The second-order valence-electron chi connectivity index (χ2n) is 3.76. The van der Waals surface area contributed by atoms with Gasteiger partial charge >= 0.3 is 0 Å². The zero-order chi connectivity index (χ0) is 10.1. The van der Waals surface area contributed by atoms with Crippen LogP contribution in [-0.4, -0.2) is 7.11 Å². The molecule has 84 valence electrons. The maximum atomic E-state index is 13.1. The van der Waals surface area contributed by atoms with Crippen molar-refractivity contribution in [3.05, 3.63) is 29.6 Å². The highest BCUT2D eigenvalue weighted by Crippen LogP contribution is 2.40. The highest BCUT2D eigenvalue weighted by molar-refractivity contribution is 5.85. The van der Waals surface area contributed by atoms with E-state index in [1.807, 2.05) is 0 Å². The average Bonchev–Trinajstić information content (AvgIpc) is 3.01. The lowest BCUT2D eigenvalue weighted by atomic mass is 10.0. The van der Waals surface area contributed by atoms with E-state index in [1.165, 1.54) is 26.0 Å². The summed E-state index contributed by atoms with van der Waals surface area (Å²) in [4.78, 5) is 0. The monoisotopic (exact) mass is 231 g/mol. The molecule has 2 N–H and O–H groups in total. The van der Waals surface area contributed by atoms with Crippen LogP contribution in [0.4, 0.5) is 4.39 Å². The van der Waals surface area contributed by atoms with E-state index in [-0.39, 0.29) is 30.0 Å². The Morgan fingerprint density at radius 2 is 2.13 bits per heavy atom. The van der Waals surface area contributed by atoms with Gasteiger partial charge in [0, 0.05) is 6.04 Å². The molecule has 1 aromatic carbocycles. The van der Waals surface area contributed by atoms with E-state index < -0.39 is 0 Å². The van der Waals surface area contributed by atoms with Crippen molar-refractivity contribution in [2.45, 2.75) is 18.9 Å². The smallest absolute Gasteiger partial charge is 0.165 e. The first-order chi connectivity index (χ1) is 6.72. The van der Waals surface area contributed by atoms with Crippen LogP contribution in [-0.2, 0) is 0 Å². The summed E-state index contributed by atoms with van der Waals surface area (Å²) in [7, 11) is 1.46. The fraction of sp³-hybridized carbons (Fsp3) is 0.455. The summed E-state index contributed by atoms with van der Waals surface area (Å²) in [5.41, 5.74) is 6.96. The zero-order valence-corrected chi connectivity index (χ0v) is 9.39. The van der Waals surface area contributed by atoms with E-state index in [9.17, 15) is 4.39 Å². The first-order valence-corrected chi connectivity index (χ1v) is 4.81.